The zero-order chi connectivity index (χ0) is 77.6. The zero-order valence-corrected chi connectivity index (χ0v) is 66.6. The van der Waals surface area contributed by atoms with Crippen LogP contribution in [0.3, 0.4) is 0 Å². The minimum atomic E-state index is -3.61. The Labute approximate surface area is 654 Å². The number of hydrogen-bond acceptors (Lipinski definition) is 14. The van der Waals surface area contributed by atoms with E-state index in [0.29, 0.717) is 49.4 Å². The fourth-order valence-electron chi connectivity index (χ4n) is 15.5. The van der Waals surface area contributed by atoms with E-state index in [9.17, 15) is 37.3 Å². The second-order valence-corrected chi connectivity index (χ2v) is 33.3. The molecule has 3 aliphatic heterocycles. The van der Waals surface area contributed by atoms with Crippen molar-refractivity contribution in [3.63, 3.8) is 0 Å². The highest BCUT2D eigenvalue weighted by molar-refractivity contribution is 7.92. The van der Waals surface area contributed by atoms with Crippen LogP contribution in [0.2, 0.25) is 0 Å². The average molecular weight is 1520 g/mol. The Hall–Kier alpha value is -9.14. The summed E-state index contributed by atoms with van der Waals surface area (Å²) in [5, 5.41) is 39.2. The number of anilines is 3. The number of hydrogen-bond donors (Lipinski definition) is 5. The maximum absolute atomic E-state index is 11.7. The lowest BCUT2D eigenvalue weighted by atomic mass is 9.85. The summed E-state index contributed by atoms with van der Waals surface area (Å²) >= 11 is 0. The normalized spacial score (nSPS) is 16.2. The molecule has 0 radical (unpaired) electrons. The number of aliphatic hydroxyl groups is 3. The lowest BCUT2D eigenvalue weighted by Crippen LogP contribution is -2.48. The van der Waals surface area contributed by atoms with E-state index in [1.54, 1.807) is 18.2 Å². The molecule has 0 unspecified atom stereocenters. The number of aliphatic hydroxyl groups excluding tert-OH is 3. The first kappa shape index (κ1) is 81.8. The number of nitrogens with one attached hydrogen (secondary N) is 1. The largest absolute Gasteiger partial charge is 0.508 e. The first-order valence-electron chi connectivity index (χ1n) is 39.3. The molecular formula is C93H112N6O9S2. The molecule has 1 aliphatic carbocycles. The van der Waals surface area contributed by atoms with Crippen LogP contribution >= 0.6 is 0 Å². The van der Waals surface area contributed by atoms with Crippen molar-refractivity contribution in [2.75, 3.05) is 112 Å². The van der Waals surface area contributed by atoms with E-state index in [1.165, 1.54) is 66.9 Å². The fraction of sp³-hybridized carbons (Fsp3) is 0.355. The smallest absolute Gasteiger partial charge is 0.306 e. The van der Waals surface area contributed by atoms with Gasteiger partial charge in [-0.1, -0.05) is 176 Å². The molecule has 17 heteroatoms. The van der Waals surface area contributed by atoms with Crippen molar-refractivity contribution in [3.05, 3.63) is 292 Å². The number of nitrogens with zero attached hydrogens (tertiary/aromatic N) is 5. The van der Waals surface area contributed by atoms with Crippen LogP contribution in [-0.4, -0.2) is 168 Å². The van der Waals surface area contributed by atoms with Crippen molar-refractivity contribution in [2.24, 2.45) is 0 Å². The molecule has 0 bridgehead atoms. The highest BCUT2D eigenvalue weighted by Gasteiger charge is 2.33. The van der Waals surface area contributed by atoms with Crippen molar-refractivity contribution < 1.29 is 41.4 Å². The third-order valence-corrected chi connectivity index (χ3v) is 22.5. The molecular weight excluding hydrogens is 1410 g/mol. The van der Waals surface area contributed by atoms with Crippen LogP contribution in [0.5, 0.6) is 11.5 Å². The topological polar surface area (TPSA) is 187 Å². The summed E-state index contributed by atoms with van der Waals surface area (Å²) in [5.74, 6) is 1.14. The molecule has 0 amide bonds. The zero-order valence-electron chi connectivity index (χ0n) is 65.0. The van der Waals surface area contributed by atoms with E-state index in [1.807, 2.05) is 103 Å². The summed E-state index contributed by atoms with van der Waals surface area (Å²) in [4.78, 5) is 12.6. The Morgan fingerprint density at radius 2 is 0.764 bits per heavy atom. The molecule has 0 spiro atoms. The SMILES string of the molecule is CC(C)N1CCN(c2ccc(/C(=C(/CCCO)c3ccccc3)c3ccc(OS(C)(=O)=O)cc3)cc2)CC1.CC(C)N1CCN(c2ccc(/C(=C(/CCCO)c3ccccc3)c3cccc(O)c3)cc2)CC1.CS(=O)(=O)Nc1ccc(/C(=C(\CCCO)c2ccccc2)c2ccc(C3CCN(C4CC4)CC3)cc2)cc1. The van der Waals surface area contributed by atoms with Gasteiger partial charge in [0.15, 0.2) is 0 Å². The molecule has 4 aliphatic rings. The highest BCUT2D eigenvalue weighted by atomic mass is 32.2. The highest BCUT2D eigenvalue weighted by Crippen LogP contribution is 2.42. The Balaban J connectivity index is 0.000000164. The van der Waals surface area contributed by atoms with E-state index in [2.05, 4.69) is 172 Å². The summed E-state index contributed by atoms with van der Waals surface area (Å²) in [6.07, 6.45) is 11.6. The molecule has 15 nitrogen and oxygen atoms in total. The number of piperidine rings is 1. The maximum atomic E-state index is 11.7. The number of phenolic OH excluding ortho intramolecular Hbond substituents is 1. The average Bonchev–Trinajstić information content (AvgIpc) is 0.880. The number of rotatable bonds is 28. The van der Waals surface area contributed by atoms with Gasteiger partial charge in [-0.3, -0.25) is 14.5 Å². The van der Waals surface area contributed by atoms with Crippen LogP contribution in [0.15, 0.2) is 237 Å². The van der Waals surface area contributed by atoms with Crippen molar-refractivity contribution in [2.45, 2.75) is 116 Å². The van der Waals surface area contributed by atoms with Crippen LogP contribution in [0.4, 0.5) is 17.1 Å². The summed E-state index contributed by atoms with van der Waals surface area (Å²) < 4.78 is 54.3. The Morgan fingerprint density at radius 1 is 0.409 bits per heavy atom. The maximum Gasteiger partial charge on any atom is 0.306 e. The number of allylic oxidation sites excluding steroid dienone is 3. The number of likely N-dealkylation sites (tertiary alicyclic amines) is 1. The van der Waals surface area contributed by atoms with E-state index in [4.69, 9.17) is 4.18 Å². The lowest BCUT2D eigenvalue weighted by Gasteiger charge is -2.38. The fourth-order valence-corrected chi connectivity index (χ4v) is 16.6. The monoisotopic (exact) mass is 1520 g/mol. The minimum Gasteiger partial charge on any atom is -0.508 e. The molecule has 9 aromatic rings. The van der Waals surface area contributed by atoms with Gasteiger partial charge in [0.1, 0.15) is 11.5 Å². The van der Waals surface area contributed by atoms with Crippen LogP contribution in [-0.2, 0) is 20.1 Å². The van der Waals surface area contributed by atoms with E-state index in [0.717, 1.165) is 156 Å². The van der Waals surface area contributed by atoms with Gasteiger partial charge in [-0.25, -0.2) is 8.42 Å². The molecule has 5 N–H and O–H groups in total. The van der Waals surface area contributed by atoms with E-state index >= 15 is 0 Å². The molecule has 3 saturated heterocycles. The molecule has 3 heterocycles. The van der Waals surface area contributed by atoms with Crippen LogP contribution < -0.4 is 18.7 Å². The van der Waals surface area contributed by atoms with Crippen molar-refractivity contribution >= 4 is 70.6 Å². The van der Waals surface area contributed by atoms with Crippen LogP contribution in [0.1, 0.15) is 153 Å². The number of benzene rings is 9. The molecule has 0 aromatic heterocycles. The van der Waals surface area contributed by atoms with Gasteiger partial charge in [0, 0.05) is 107 Å². The summed E-state index contributed by atoms with van der Waals surface area (Å²) in [7, 11) is -6.95. The van der Waals surface area contributed by atoms with Gasteiger partial charge in [0.25, 0.3) is 0 Å². The van der Waals surface area contributed by atoms with E-state index in [-0.39, 0.29) is 31.3 Å². The molecule has 580 valence electrons. The third kappa shape index (κ3) is 23.2. The molecule has 0 atom stereocenters. The standard InChI is InChI=1S/C32H38N2O3S.C31H38N2O4S.C30H36N2O2/c1-38(36,37)33-29-15-13-28(14-16-29)32(31(8-5-23-35)26-6-3-2-4-7-26)27-11-9-24(10-12-27)25-19-21-34(22-20-25)30-17-18-30;1-24(2)32-19-21-33(22-20-32)28-15-11-26(12-16-28)31(27-13-17-29(18-14-27)37-38(3,35)36)30(10-7-23-34)25-8-5-4-6-9-25;1-23(2)31-17-19-32(20-18-31)27-15-13-25(14-16-27)30(26-10-6-11-28(34)22-26)29(12-7-21-33)24-8-4-3-5-9-24/h2-4,6-7,9-16,25,30,33,35H,5,8,17-23H2,1H3;4-6,8-9,11-18,24,34H,7,10,19-23H2,1-3H3;3-6,8-11,13-16,22-23,33-34H,7,12,17-21H2,1-2H3/b32-31+;31-30+;30-29+. The second kappa shape index (κ2) is 39.7. The predicted molar refractivity (Wildman–Crippen MR) is 455 cm³/mol. The van der Waals surface area contributed by atoms with Gasteiger partial charge in [-0.05, 0) is 261 Å². The summed E-state index contributed by atoms with van der Waals surface area (Å²) in [6.45, 7) is 20.2. The second-order valence-electron chi connectivity index (χ2n) is 29.9. The first-order valence-corrected chi connectivity index (χ1v) is 43.0. The lowest BCUT2D eigenvalue weighted by molar-refractivity contribution is 0.203. The molecule has 1 saturated carbocycles. The van der Waals surface area contributed by atoms with Gasteiger partial charge in [0.2, 0.25) is 10.0 Å². The van der Waals surface area contributed by atoms with Crippen LogP contribution in [0.25, 0.3) is 33.4 Å². The minimum absolute atomic E-state index is 0.103. The predicted octanol–water partition coefficient (Wildman–Crippen LogP) is 17.1. The van der Waals surface area contributed by atoms with Crippen LogP contribution in [0, 0.1) is 0 Å². The molecule has 4 fully saturated rings. The quantitative estimate of drug-likeness (QED) is 0.0230. The van der Waals surface area contributed by atoms with E-state index < -0.39 is 20.1 Å². The van der Waals surface area contributed by atoms with Gasteiger partial charge >= 0.3 is 10.1 Å². The van der Waals surface area contributed by atoms with Gasteiger partial charge in [-0.2, -0.15) is 8.42 Å². The van der Waals surface area contributed by atoms with Crippen molar-refractivity contribution in [3.8, 4) is 11.5 Å². The van der Waals surface area contributed by atoms with Crippen molar-refractivity contribution in [1.82, 2.24) is 14.7 Å². The third-order valence-electron chi connectivity index (χ3n) is 21.4. The molecule has 13 rings (SSSR count). The Kier molecular flexibility index (Phi) is 29.5. The molecule has 9 aromatic carbocycles. The number of phenols is 1. The number of sulfonamides is 1. The Bertz CT molecular complexity index is 4480. The molecule has 110 heavy (non-hydrogen) atoms. The number of aromatic hydroxyl groups is 1. The Morgan fingerprint density at radius 3 is 1.11 bits per heavy atom. The first-order chi connectivity index (χ1) is 53.2. The van der Waals surface area contributed by atoms with Gasteiger partial charge in [0.05, 0.1) is 12.5 Å². The number of piperazine rings is 2. The summed E-state index contributed by atoms with van der Waals surface area (Å²) in [5.41, 5.74) is 20.8. The summed E-state index contributed by atoms with van der Waals surface area (Å²) in [6, 6.07) is 81.8. The van der Waals surface area contributed by atoms with Gasteiger partial charge < -0.3 is 39.3 Å². The van der Waals surface area contributed by atoms with Gasteiger partial charge in [-0.15, -0.1) is 0 Å². The van der Waals surface area contributed by atoms with Crippen molar-refractivity contribution in [1.29, 1.82) is 0 Å².